The summed E-state index contributed by atoms with van der Waals surface area (Å²) in [6, 6.07) is 35.9. The van der Waals surface area contributed by atoms with Crippen molar-refractivity contribution in [2.24, 2.45) is 0 Å². The Morgan fingerprint density at radius 3 is 1.81 bits per heavy atom. The van der Waals surface area contributed by atoms with E-state index in [1.165, 1.54) is 63.8 Å². The van der Waals surface area contributed by atoms with Crippen molar-refractivity contribution in [2.75, 3.05) is 0 Å². The molecule has 0 amide bonds. The fourth-order valence-electron chi connectivity index (χ4n) is 4.39. The van der Waals surface area contributed by atoms with Gasteiger partial charge in [-0.3, -0.25) is 6.08 Å². The minimum absolute atomic E-state index is 0. The number of fused-ring (bicyclic) bond motifs is 3. The summed E-state index contributed by atoms with van der Waals surface area (Å²) in [5.41, 5.74) is 10.4. The van der Waals surface area contributed by atoms with Crippen LogP contribution >= 0.6 is 0 Å². The molecule has 0 saturated heterocycles. The van der Waals surface area contributed by atoms with Gasteiger partial charge in [0, 0.05) is 0 Å². The van der Waals surface area contributed by atoms with Gasteiger partial charge in [0.2, 0.25) is 0 Å². The van der Waals surface area contributed by atoms with Gasteiger partial charge in [-0.15, -0.1) is 17.5 Å². The van der Waals surface area contributed by atoms with Crippen molar-refractivity contribution in [1.82, 2.24) is 0 Å². The maximum absolute atomic E-state index is 3.52. The Balaban J connectivity index is 0.000000266. The molecule has 0 nitrogen and oxygen atoms in total. The molecule has 7 rings (SSSR count). The van der Waals surface area contributed by atoms with Crippen molar-refractivity contribution < 1.29 is 49.0 Å². The molecule has 0 heterocycles. The maximum atomic E-state index is 3.52. The first kappa shape index (κ1) is 29.3. The Morgan fingerprint density at radius 2 is 1.30 bits per heavy atom. The predicted molar refractivity (Wildman–Crippen MR) is 145 cm³/mol. The van der Waals surface area contributed by atoms with Gasteiger partial charge in [-0.2, -0.15) is 29.8 Å². The predicted octanol–water partition coefficient (Wildman–Crippen LogP) is 2.60. The average Bonchev–Trinajstić information content (AvgIpc) is 3.60. The van der Waals surface area contributed by atoms with Gasteiger partial charge in [0.15, 0.2) is 0 Å². The molecule has 3 aliphatic carbocycles. The third-order valence-electron chi connectivity index (χ3n) is 6.55. The van der Waals surface area contributed by atoms with E-state index in [2.05, 4.69) is 109 Å². The molecule has 3 aliphatic rings. The summed E-state index contributed by atoms with van der Waals surface area (Å²) in [6.45, 7) is 0. The Morgan fingerprint density at radius 1 is 0.676 bits per heavy atom. The summed E-state index contributed by atoms with van der Waals surface area (Å²) in [7, 11) is 0. The number of allylic oxidation sites excluding steroid dienone is 4. The van der Waals surface area contributed by atoms with Crippen molar-refractivity contribution in [3.8, 4) is 33.4 Å². The molecule has 3 heteroatoms. The molecular weight excluding hydrogens is 571 g/mol. The molecule has 0 unspecified atom stereocenters. The van der Waals surface area contributed by atoms with Gasteiger partial charge in [-0.05, 0) is 17.5 Å². The van der Waals surface area contributed by atoms with E-state index < -0.39 is 0 Å². The Labute approximate surface area is 248 Å². The van der Waals surface area contributed by atoms with E-state index in [1.54, 1.807) is 27.4 Å². The minimum atomic E-state index is 0. The number of hydrogen-bond acceptors (Lipinski definition) is 0. The number of rotatable bonds is 2. The van der Waals surface area contributed by atoms with Crippen LogP contribution in [0.2, 0.25) is 0 Å². The van der Waals surface area contributed by atoms with Gasteiger partial charge in [0.05, 0.1) is 0 Å². The van der Waals surface area contributed by atoms with Crippen molar-refractivity contribution in [1.29, 1.82) is 0 Å². The molecule has 0 aliphatic heterocycles. The Bertz CT molecular complexity index is 1270. The van der Waals surface area contributed by atoms with Gasteiger partial charge >= 0.3 is 46.7 Å². The molecule has 0 bridgehead atoms. The third kappa shape index (κ3) is 7.61. The first-order valence-corrected chi connectivity index (χ1v) is 13.6. The number of benzene rings is 4. The smallest absolute Gasteiger partial charge is 0.0184 e. The second-order valence-corrected chi connectivity index (χ2v) is 10.8. The molecule has 0 N–H and O–H groups in total. The van der Waals surface area contributed by atoms with E-state index in [1.807, 2.05) is 12.2 Å². The molecule has 1 fully saturated rings. The molecule has 37 heavy (non-hydrogen) atoms. The van der Waals surface area contributed by atoms with Gasteiger partial charge in [0.1, 0.15) is 0 Å². The summed E-state index contributed by atoms with van der Waals surface area (Å²) in [5, 5.41) is 0. The normalized spacial score (nSPS) is 13.4. The topological polar surface area (TPSA) is 0 Å². The third-order valence-corrected chi connectivity index (χ3v) is 7.78. The summed E-state index contributed by atoms with van der Waals surface area (Å²) in [5.74, 6) is 0. The molecule has 184 valence electrons. The van der Waals surface area contributed by atoms with Crippen molar-refractivity contribution in [3.63, 3.8) is 0 Å². The largest absolute Gasteiger partial charge is 0.179 e. The van der Waals surface area contributed by atoms with Crippen LogP contribution in [0.3, 0.4) is 0 Å². The summed E-state index contributed by atoms with van der Waals surface area (Å²) in [4.78, 5) is 0. The standard InChI is InChI=1S/C25H17.C5H5.C4H6.2ClH.Zr/c1-3-7-18(8-4-1)20-11-13-22-15-23-14-12-21(17-25(23)24(22)16-20)19-9-5-2-6-10-19;1-2-4-5-3-1;1-2-4-3-1;;;/h1-13,16-17H,15H2;1-3H,4H2;1-3H2;2*1H;/q2*-1;;;;+2/p-2. The zero-order valence-electron chi connectivity index (χ0n) is 20.7. The zero-order chi connectivity index (χ0) is 23.9. The second kappa shape index (κ2) is 14.6. The van der Waals surface area contributed by atoms with Crippen LogP contribution in [0.5, 0.6) is 0 Å². The fourth-order valence-corrected chi connectivity index (χ4v) is 5.26. The second-order valence-electron chi connectivity index (χ2n) is 9.02. The molecule has 0 aromatic heterocycles. The zero-order valence-corrected chi connectivity index (χ0v) is 24.7. The van der Waals surface area contributed by atoms with Crippen LogP contribution < -0.4 is 24.8 Å². The number of hydrogen-bond donors (Lipinski definition) is 0. The van der Waals surface area contributed by atoms with Gasteiger partial charge < -0.3 is 24.8 Å². The molecule has 1 saturated carbocycles. The van der Waals surface area contributed by atoms with E-state index in [0.29, 0.717) is 0 Å². The summed E-state index contributed by atoms with van der Waals surface area (Å²) >= 11 is 1.67. The monoisotopic (exact) mass is 596 g/mol. The Kier molecular flexibility index (Phi) is 11.5. The van der Waals surface area contributed by atoms with Crippen LogP contribution in [0.1, 0.15) is 36.8 Å². The van der Waals surface area contributed by atoms with E-state index in [9.17, 15) is 0 Å². The first-order chi connectivity index (χ1) is 17.3. The average molecular weight is 599 g/mol. The quantitative estimate of drug-likeness (QED) is 0.274. The van der Waals surface area contributed by atoms with E-state index >= 15 is 0 Å². The molecule has 0 radical (unpaired) electrons. The van der Waals surface area contributed by atoms with Crippen molar-refractivity contribution in [2.45, 2.75) is 32.1 Å². The van der Waals surface area contributed by atoms with Crippen LogP contribution in [0.4, 0.5) is 0 Å². The van der Waals surface area contributed by atoms with Gasteiger partial charge in [0.25, 0.3) is 0 Å². The number of halogens is 2. The van der Waals surface area contributed by atoms with Crippen LogP contribution in [0.15, 0.2) is 109 Å². The molecular formula is C34H28Cl2Zr-2. The molecule has 4 aromatic rings. The first-order valence-electron chi connectivity index (χ1n) is 12.3. The fraction of sp³-hybridized carbons (Fsp3) is 0.147. The SMILES string of the molecule is [C-]1=CC=CC1.[Cl-].[Cl-].[Zr+2]=[C]1CCC1.[c-]1cc(-c2ccccc2)cc2c1Cc1ccc(-c3ccccc3)cc1-2. The minimum Gasteiger partial charge on any atom is -0.179 e. The maximum Gasteiger partial charge on any atom is -0.0184 e. The van der Waals surface area contributed by atoms with Gasteiger partial charge in [-0.1, -0.05) is 95.6 Å². The van der Waals surface area contributed by atoms with Gasteiger partial charge in [-0.25, -0.2) is 12.2 Å². The van der Waals surface area contributed by atoms with E-state index in [0.717, 1.165) is 12.8 Å². The van der Waals surface area contributed by atoms with E-state index in [4.69, 9.17) is 0 Å². The Hall–Kier alpha value is -2.31. The van der Waals surface area contributed by atoms with Crippen LogP contribution in [0, 0.1) is 12.1 Å². The van der Waals surface area contributed by atoms with Crippen LogP contribution in [-0.2, 0) is 30.7 Å². The molecule has 4 aromatic carbocycles. The van der Waals surface area contributed by atoms with Crippen LogP contribution in [-0.4, -0.2) is 3.21 Å². The van der Waals surface area contributed by atoms with Crippen LogP contribution in [0.25, 0.3) is 33.4 Å². The molecule has 0 atom stereocenters. The summed E-state index contributed by atoms with van der Waals surface area (Å²) < 4.78 is 1.78. The van der Waals surface area contributed by atoms with Crippen molar-refractivity contribution in [3.05, 3.63) is 132 Å². The molecule has 0 spiro atoms. The van der Waals surface area contributed by atoms with E-state index in [-0.39, 0.29) is 24.8 Å². The summed E-state index contributed by atoms with van der Waals surface area (Å²) in [6.07, 6.45) is 15.3. The van der Waals surface area contributed by atoms with Crippen molar-refractivity contribution >= 4 is 3.21 Å².